The Hall–Kier alpha value is -3.01. The van der Waals surface area contributed by atoms with Crippen molar-refractivity contribution in [1.82, 2.24) is 4.98 Å². The van der Waals surface area contributed by atoms with Crippen LogP contribution in [-0.2, 0) is 4.74 Å². The lowest BCUT2D eigenvalue weighted by Gasteiger charge is -2.08. The summed E-state index contributed by atoms with van der Waals surface area (Å²) >= 11 is 0.717. The van der Waals surface area contributed by atoms with Crippen molar-refractivity contribution in [2.75, 3.05) is 11.9 Å². The van der Waals surface area contributed by atoms with Crippen molar-refractivity contribution in [3.05, 3.63) is 46.1 Å². The first-order chi connectivity index (χ1) is 11.0. The van der Waals surface area contributed by atoms with Crippen molar-refractivity contribution in [2.45, 2.75) is 6.92 Å². The zero-order valence-electron chi connectivity index (χ0n) is 11.8. The normalized spacial score (nSPS) is 9.96. The Morgan fingerprint density at radius 3 is 2.78 bits per heavy atom. The number of nitrogens with zero attached hydrogens (tertiary/aromatic N) is 2. The fourth-order valence-corrected chi connectivity index (χ4v) is 2.18. The Kier molecular flexibility index (Phi) is 5.20. The van der Waals surface area contributed by atoms with Gasteiger partial charge in [-0.1, -0.05) is 12.1 Å². The maximum atomic E-state index is 12.2. The van der Waals surface area contributed by atoms with E-state index in [4.69, 9.17) is 4.74 Å². The average molecular weight is 337 g/mol. The van der Waals surface area contributed by atoms with Gasteiger partial charge >= 0.3 is 11.2 Å². The predicted octanol–water partition coefficient (Wildman–Crippen LogP) is 2.84. The summed E-state index contributed by atoms with van der Waals surface area (Å²) in [6, 6.07) is 6.03. The maximum absolute atomic E-state index is 12.2. The summed E-state index contributed by atoms with van der Waals surface area (Å²) in [4.78, 5) is 37.3. The van der Waals surface area contributed by atoms with Crippen molar-refractivity contribution < 1.29 is 24.0 Å². The van der Waals surface area contributed by atoms with Gasteiger partial charge in [0.05, 0.1) is 17.1 Å². The van der Waals surface area contributed by atoms with Crippen LogP contribution in [0.2, 0.25) is 0 Å². The zero-order chi connectivity index (χ0) is 16.8. The zero-order valence-corrected chi connectivity index (χ0v) is 12.7. The summed E-state index contributed by atoms with van der Waals surface area (Å²) < 4.78 is 9.59. The first-order valence-electron chi connectivity index (χ1n) is 6.36. The lowest BCUT2D eigenvalue weighted by atomic mass is 10.2. The number of amides is 1. The van der Waals surface area contributed by atoms with Crippen LogP contribution in [0.1, 0.15) is 17.3 Å². The van der Waals surface area contributed by atoms with Crippen molar-refractivity contribution >= 4 is 33.5 Å². The number of carbonyl (C=O) groups excluding carboxylic acids is 2. The first kappa shape index (κ1) is 16.4. The quantitative estimate of drug-likeness (QED) is 0.385. The van der Waals surface area contributed by atoms with Crippen LogP contribution in [0.5, 0.6) is 5.75 Å². The van der Waals surface area contributed by atoms with E-state index < -0.39 is 17.0 Å². The van der Waals surface area contributed by atoms with E-state index in [-0.39, 0.29) is 28.1 Å². The van der Waals surface area contributed by atoms with Crippen LogP contribution in [0.25, 0.3) is 0 Å². The van der Waals surface area contributed by atoms with Gasteiger partial charge in [0.25, 0.3) is 5.91 Å². The van der Waals surface area contributed by atoms with Crippen LogP contribution in [-0.4, -0.2) is 28.6 Å². The molecule has 1 heterocycles. The number of para-hydroxylation sites is 1. The van der Waals surface area contributed by atoms with E-state index in [0.717, 1.165) is 17.5 Å². The summed E-state index contributed by atoms with van der Waals surface area (Å²) in [5.74, 6) is -0.608. The molecule has 9 nitrogen and oxygen atoms in total. The van der Waals surface area contributed by atoms with Crippen LogP contribution < -0.4 is 10.1 Å². The molecule has 0 bridgehead atoms. The molecule has 1 amide bonds. The summed E-state index contributed by atoms with van der Waals surface area (Å²) in [5, 5.41) is 12.9. The Morgan fingerprint density at radius 2 is 2.13 bits per heavy atom. The highest BCUT2D eigenvalue weighted by molar-refractivity contribution is 7.18. The Bertz CT molecular complexity index is 745. The van der Waals surface area contributed by atoms with Gasteiger partial charge < -0.3 is 9.47 Å². The third kappa shape index (κ3) is 4.23. The van der Waals surface area contributed by atoms with E-state index in [9.17, 15) is 19.7 Å². The molecule has 1 aromatic heterocycles. The van der Waals surface area contributed by atoms with E-state index in [0.29, 0.717) is 0 Å². The largest absolute Gasteiger partial charge is 0.513 e. The van der Waals surface area contributed by atoms with Crippen molar-refractivity contribution in [2.24, 2.45) is 0 Å². The van der Waals surface area contributed by atoms with Gasteiger partial charge in [-0.2, -0.15) is 0 Å². The topological polar surface area (TPSA) is 121 Å². The molecule has 10 heteroatoms. The fourth-order valence-electron chi connectivity index (χ4n) is 1.55. The second-order valence-electron chi connectivity index (χ2n) is 4.00. The minimum atomic E-state index is -0.933. The minimum absolute atomic E-state index is 0.00880. The summed E-state index contributed by atoms with van der Waals surface area (Å²) in [5.41, 5.74) is 0.0680. The summed E-state index contributed by atoms with van der Waals surface area (Å²) in [7, 11) is 0. The molecule has 2 rings (SSSR count). The van der Waals surface area contributed by atoms with Crippen molar-refractivity contribution in [1.29, 1.82) is 0 Å². The van der Waals surface area contributed by atoms with E-state index >= 15 is 0 Å². The number of nitrogens with one attached hydrogen (secondary N) is 1. The number of ether oxygens (including phenoxy) is 2. The van der Waals surface area contributed by atoms with Crippen LogP contribution in [0, 0.1) is 10.1 Å². The number of thiazole rings is 1. The highest BCUT2D eigenvalue weighted by Gasteiger charge is 2.18. The lowest BCUT2D eigenvalue weighted by Crippen LogP contribution is -2.16. The van der Waals surface area contributed by atoms with Crippen LogP contribution in [0.4, 0.5) is 14.9 Å². The summed E-state index contributed by atoms with van der Waals surface area (Å²) in [6.07, 6.45) is 0.110. The maximum Gasteiger partial charge on any atom is 0.513 e. The number of hydrogen-bond acceptors (Lipinski definition) is 8. The third-order valence-corrected chi connectivity index (χ3v) is 3.35. The lowest BCUT2D eigenvalue weighted by molar-refractivity contribution is -0.380. The van der Waals surface area contributed by atoms with Gasteiger partial charge in [-0.3, -0.25) is 20.2 Å². The molecule has 0 saturated carbocycles. The molecular formula is C13H11N3O6S. The van der Waals surface area contributed by atoms with Gasteiger partial charge in [0.2, 0.25) is 0 Å². The molecule has 0 saturated heterocycles. The highest BCUT2D eigenvalue weighted by atomic mass is 32.1. The molecule has 1 aromatic carbocycles. The Labute approximate surface area is 134 Å². The molecule has 0 aliphatic rings. The fraction of sp³-hybridized carbons (Fsp3) is 0.154. The number of carbonyl (C=O) groups is 2. The van der Waals surface area contributed by atoms with Gasteiger partial charge in [-0.15, -0.1) is 0 Å². The standard InChI is InChI=1S/C13H11N3O6S/c1-2-21-13(18)22-9-6-4-3-5-8(9)11(17)15-12-14-7-10(23-12)16(19)20/h3-7H,2H2,1H3,(H,14,15,17). The first-order valence-corrected chi connectivity index (χ1v) is 7.18. The number of anilines is 1. The average Bonchev–Trinajstić information content (AvgIpc) is 2.96. The number of rotatable bonds is 5. The summed E-state index contributed by atoms with van der Waals surface area (Å²) in [6.45, 7) is 1.76. The predicted molar refractivity (Wildman–Crippen MR) is 80.8 cm³/mol. The van der Waals surface area contributed by atoms with Gasteiger partial charge in [-0.05, 0) is 30.4 Å². The van der Waals surface area contributed by atoms with Gasteiger partial charge in [0.15, 0.2) is 5.13 Å². The van der Waals surface area contributed by atoms with Gasteiger partial charge in [0.1, 0.15) is 11.9 Å². The van der Waals surface area contributed by atoms with Crippen LogP contribution >= 0.6 is 11.3 Å². The molecule has 0 unspecified atom stereocenters. The minimum Gasteiger partial charge on any atom is -0.434 e. The molecule has 120 valence electrons. The van der Waals surface area contributed by atoms with Crippen LogP contribution in [0.3, 0.4) is 0 Å². The van der Waals surface area contributed by atoms with E-state index in [2.05, 4.69) is 15.0 Å². The number of hydrogen-bond donors (Lipinski definition) is 1. The van der Waals surface area contributed by atoms with Crippen molar-refractivity contribution in [3.8, 4) is 5.75 Å². The third-order valence-electron chi connectivity index (χ3n) is 2.48. The van der Waals surface area contributed by atoms with Gasteiger partial charge in [-0.25, -0.2) is 9.78 Å². The van der Waals surface area contributed by atoms with Crippen LogP contribution in [0.15, 0.2) is 30.5 Å². The highest BCUT2D eigenvalue weighted by Crippen LogP contribution is 2.26. The molecule has 2 aromatic rings. The molecule has 0 aliphatic carbocycles. The molecule has 0 atom stereocenters. The smallest absolute Gasteiger partial charge is 0.434 e. The molecule has 0 radical (unpaired) electrons. The molecule has 0 fully saturated rings. The number of benzene rings is 1. The van der Waals surface area contributed by atoms with E-state index in [1.54, 1.807) is 19.1 Å². The molecule has 1 N–H and O–H groups in total. The number of nitro groups is 1. The second-order valence-corrected chi connectivity index (χ2v) is 5.01. The Balaban J connectivity index is 2.15. The Morgan fingerprint density at radius 1 is 1.39 bits per heavy atom. The van der Waals surface area contributed by atoms with Crippen molar-refractivity contribution in [3.63, 3.8) is 0 Å². The van der Waals surface area contributed by atoms with Gasteiger partial charge in [0, 0.05) is 0 Å². The monoisotopic (exact) mass is 337 g/mol. The molecule has 0 spiro atoms. The molecule has 0 aliphatic heterocycles. The second kappa shape index (κ2) is 7.31. The van der Waals surface area contributed by atoms with E-state index in [1.165, 1.54) is 12.1 Å². The molecular weight excluding hydrogens is 326 g/mol. The molecule has 23 heavy (non-hydrogen) atoms. The SMILES string of the molecule is CCOC(=O)Oc1ccccc1C(=O)Nc1ncc([N+](=O)[O-])s1. The van der Waals surface area contributed by atoms with E-state index in [1.807, 2.05) is 0 Å². The number of aromatic nitrogens is 1.